The van der Waals surface area contributed by atoms with Gasteiger partial charge in [-0.05, 0) is 54.6 Å². The number of nitrogens with one attached hydrogen (secondary N) is 1. The molecule has 1 aliphatic rings. The molecule has 12 nitrogen and oxygen atoms in total. The van der Waals surface area contributed by atoms with Crippen molar-refractivity contribution >= 4 is 37.3 Å². The molecule has 1 N–H and O–H groups in total. The van der Waals surface area contributed by atoms with Gasteiger partial charge in [-0.1, -0.05) is 12.1 Å². The van der Waals surface area contributed by atoms with E-state index in [0.29, 0.717) is 5.75 Å². The van der Waals surface area contributed by atoms with Crippen molar-refractivity contribution in [3.8, 4) is 17.2 Å². The first-order valence-electron chi connectivity index (χ1n) is 12.5. The number of para-hydroxylation sites is 2. The molecule has 14 heteroatoms. The number of sulfonamides is 2. The molecular weight excluding hydrogens is 574 g/mol. The third-order valence-corrected chi connectivity index (χ3v) is 10.0. The van der Waals surface area contributed by atoms with Gasteiger partial charge in [0.2, 0.25) is 15.9 Å². The Kier molecular flexibility index (Phi) is 9.38. The van der Waals surface area contributed by atoms with E-state index in [1.54, 1.807) is 18.2 Å². The van der Waals surface area contributed by atoms with Crippen molar-refractivity contribution in [3.05, 3.63) is 66.7 Å². The summed E-state index contributed by atoms with van der Waals surface area (Å²) in [6.45, 7) is 0.305. The summed E-state index contributed by atoms with van der Waals surface area (Å²) in [5, 5.41) is 2.62. The van der Waals surface area contributed by atoms with Gasteiger partial charge in [0.25, 0.3) is 10.0 Å². The van der Waals surface area contributed by atoms with Gasteiger partial charge in [0.15, 0.2) is 0 Å². The molecule has 0 atom stereocenters. The van der Waals surface area contributed by atoms with Gasteiger partial charge in [-0.2, -0.15) is 4.31 Å². The van der Waals surface area contributed by atoms with Crippen LogP contribution in [-0.4, -0.2) is 81.2 Å². The molecule has 0 bridgehead atoms. The fraction of sp³-hybridized carbons (Fsp3) is 0.296. The van der Waals surface area contributed by atoms with Crippen LogP contribution in [0.4, 0.5) is 11.4 Å². The lowest BCUT2D eigenvalue weighted by atomic mass is 10.2. The SMILES string of the molecule is COc1ccc(S(=O)(=O)N(CC(=O)Nc2cc(S(=O)(=O)N3CCOCC3)ccc2OC)c2ccccc2OC)cc1. The number of hydrogen-bond donors (Lipinski definition) is 1. The quantitative estimate of drug-likeness (QED) is 0.349. The Morgan fingerprint density at radius 1 is 0.854 bits per heavy atom. The molecule has 0 aromatic heterocycles. The van der Waals surface area contributed by atoms with E-state index in [2.05, 4.69) is 5.32 Å². The molecule has 0 aliphatic carbocycles. The molecule has 4 rings (SSSR count). The summed E-state index contributed by atoms with van der Waals surface area (Å²) >= 11 is 0. The van der Waals surface area contributed by atoms with E-state index in [4.69, 9.17) is 18.9 Å². The Morgan fingerprint density at radius 3 is 2.12 bits per heavy atom. The van der Waals surface area contributed by atoms with Crippen LogP contribution < -0.4 is 23.8 Å². The summed E-state index contributed by atoms with van der Waals surface area (Å²) in [6.07, 6.45) is 0. The number of carbonyl (C=O) groups excluding carboxylic acids is 1. The van der Waals surface area contributed by atoms with Crippen LogP contribution in [-0.2, 0) is 29.6 Å². The zero-order chi connectivity index (χ0) is 29.6. The Bertz CT molecular complexity index is 1590. The minimum atomic E-state index is -4.27. The van der Waals surface area contributed by atoms with Gasteiger partial charge in [-0.3, -0.25) is 9.10 Å². The summed E-state index contributed by atoms with van der Waals surface area (Å²) in [5.74, 6) is 0.145. The monoisotopic (exact) mass is 605 g/mol. The van der Waals surface area contributed by atoms with Crippen molar-refractivity contribution in [3.63, 3.8) is 0 Å². The Balaban J connectivity index is 1.68. The number of nitrogens with zero attached hydrogens (tertiary/aromatic N) is 2. The van der Waals surface area contributed by atoms with E-state index in [1.165, 1.54) is 74.2 Å². The first-order chi connectivity index (χ1) is 19.6. The zero-order valence-corrected chi connectivity index (χ0v) is 24.4. The third-order valence-electron chi connectivity index (χ3n) is 6.34. The average Bonchev–Trinajstić information content (AvgIpc) is 3.00. The summed E-state index contributed by atoms with van der Waals surface area (Å²) < 4.78 is 77.3. The van der Waals surface area contributed by atoms with Gasteiger partial charge in [0.1, 0.15) is 23.8 Å². The maximum Gasteiger partial charge on any atom is 0.264 e. The van der Waals surface area contributed by atoms with Crippen molar-refractivity contribution in [2.45, 2.75) is 9.79 Å². The van der Waals surface area contributed by atoms with Crippen LogP contribution in [0.25, 0.3) is 0 Å². The summed E-state index contributed by atoms with van der Waals surface area (Å²) in [5.41, 5.74) is 0.199. The van der Waals surface area contributed by atoms with Crippen LogP contribution >= 0.6 is 0 Å². The molecule has 1 heterocycles. The molecule has 0 unspecified atom stereocenters. The topological polar surface area (TPSA) is 141 Å². The normalized spacial score (nSPS) is 14.2. The standard InChI is InChI=1S/C27H31N3O9S2/c1-36-20-8-10-21(11-9-20)41(34,35)30(24-6-4-5-7-26(24)38-3)19-27(31)28-23-18-22(12-13-25(23)37-2)40(32,33)29-14-16-39-17-15-29/h4-13,18H,14-17,19H2,1-3H3,(H,28,31). The van der Waals surface area contributed by atoms with Crippen LogP contribution in [0.15, 0.2) is 76.5 Å². The number of anilines is 2. The maximum absolute atomic E-state index is 13.8. The van der Waals surface area contributed by atoms with E-state index in [1.807, 2.05) is 0 Å². The Labute approximate surface area is 239 Å². The summed E-state index contributed by atoms with van der Waals surface area (Å²) in [4.78, 5) is 13.3. The lowest BCUT2D eigenvalue weighted by molar-refractivity contribution is -0.114. The van der Waals surface area contributed by atoms with Crippen LogP contribution in [0.3, 0.4) is 0 Å². The van der Waals surface area contributed by atoms with Crippen molar-refractivity contribution < 1.29 is 40.6 Å². The molecule has 1 amide bonds. The second kappa shape index (κ2) is 12.8. The number of amides is 1. The Hall–Kier alpha value is -3.85. The third kappa shape index (κ3) is 6.56. The minimum absolute atomic E-state index is 0.0528. The number of carbonyl (C=O) groups is 1. The van der Waals surface area contributed by atoms with E-state index in [0.717, 1.165) is 4.31 Å². The van der Waals surface area contributed by atoms with E-state index >= 15 is 0 Å². The molecular formula is C27H31N3O9S2. The summed E-state index contributed by atoms with van der Waals surface area (Å²) in [7, 11) is -3.92. The van der Waals surface area contributed by atoms with Gasteiger partial charge in [0.05, 0.1) is 55.7 Å². The fourth-order valence-electron chi connectivity index (χ4n) is 4.21. The van der Waals surface area contributed by atoms with Crippen molar-refractivity contribution in [1.29, 1.82) is 0 Å². The first kappa shape index (κ1) is 30.1. The highest BCUT2D eigenvalue weighted by molar-refractivity contribution is 7.93. The van der Waals surface area contributed by atoms with Gasteiger partial charge >= 0.3 is 0 Å². The molecule has 3 aromatic rings. The Morgan fingerprint density at radius 2 is 1.49 bits per heavy atom. The molecule has 1 saturated heterocycles. The predicted octanol–water partition coefficient (Wildman–Crippen LogP) is 2.57. The van der Waals surface area contributed by atoms with E-state index in [9.17, 15) is 21.6 Å². The number of benzene rings is 3. The highest BCUT2D eigenvalue weighted by Gasteiger charge is 2.31. The molecule has 41 heavy (non-hydrogen) atoms. The molecule has 0 radical (unpaired) electrons. The van der Waals surface area contributed by atoms with Crippen molar-refractivity contribution in [2.75, 3.05) is 63.8 Å². The second-order valence-corrected chi connectivity index (χ2v) is 12.6. The molecule has 1 fully saturated rings. The molecule has 0 spiro atoms. The number of ether oxygens (including phenoxy) is 4. The molecule has 220 valence electrons. The van der Waals surface area contributed by atoms with E-state index < -0.39 is 32.5 Å². The lowest BCUT2D eigenvalue weighted by Gasteiger charge is -2.27. The number of methoxy groups -OCH3 is 3. The largest absolute Gasteiger partial charge is 0.497 e. The molecule has 3 aromatic carbocycles. The second-order valence-electron chi connectivity index (χ2n) is 8.79. The lowest BCUT2D eigenvalue weighted by Crippen LogP contribution is -2.40. The first-order valence-corrected chi connectivity index (χ1v) is 15.4. The van der Waals surface area contributed by atoms with Crippen LogP contribution in [0.1, 0.15) is 0 Å². The summed E-state index contributed by atoms with van der Waals surface area (Å²) in [6, 6.07) is 16.2. The van der Waals surface area contributed by atoms with E-state index in [-0.39, 0.29) is 59.0 Å². The van der Waals surface area contributed by atoms with Crippen LogP contribution in [0.5, 0.6) is 17.2 Å². The van der Waals surface area contributed by atoms with Crippen LogP contribution in [0.2, 0.25) is 0 Å². The highest BCUT2D eigenvalue weighted by Crippen LogP contribution is 2.34. The van der Waals surface area contributed by atoms with Gasteiger partial charge in [0, 0.05) is 13.1 Å². The van der Waals surface area contributed by atoms with Gasteiger partial charge in [-0.15, -0.1) is 0 Å². The van der Waals surface area contributed by atoms with Gasteiger partial charge in [-0.25, -0.2) is 16.8 Å². The molecule has 1 aliphatic heterocycles. The average molecular weight is 606 g/mol. The highest BCUT2D eigenvalue weighted by atomic mass is 32.2. The minimum Gasteiger partial charge on any atom is -0.497 e. The number of rotatable bonds is 11. The smallest absolute Gasteiger partial charge is 0.264 e. The maximum atomic E-state index is 13.8. The van der Waals surface area contributed by atoms with Crippen molar-refractivity contribution in [2.24, 2.45) is 0 Å². The predicted molar refractivity (Wildman–Crippen MR) is 152 cm³/mol. The van der Waals surface area contributed by atoms with Crippen molar-refractivity contribution in [1.82, 2.24) is 4.31 Å². The molecule has 0 saturated carbocycles. The van der Waals surface area contributed by atoms with Crippen LogP contribution in [0, 0.1) is 0 Å². The number of morpholine rings is 1. The zero-order valence-electron chi connectivity index (χ0n) is 22.8. The fourth-order valence-corrected chi connectivity index (χ4v) is 7.08. The number of hydrogen-bond acceptors (Lipinski definition) is 9. The van der Waals surface area contributed by atoms with Gasteiger partial charge < -0.3 is 24.3 Å².